The molecule has 0 fully saturated rings. The zero-order chi connectivity index (χ0) is 11.8. The molecule has 0 atom stereocenters. The van der Waals surface area contributed by atoms with Gasteiger partial charge in [-0.2, -0.15) is 5.26 Å². The lowest BCUT2D eigenvalue weighted by molar-refractivity contribution is 0.260. The Balaban J connectivity index is 2.47. The van der Waals surface area contributed by atoms with Gasteiger partial charge in [0.25, 0.3) is 0 Å². The molecule has 0 amide bonds. The summed E-state index contributed by atoms with van der Waals surface area (Å²) < 4.78 is 5.50. The summed E-state index contributed by atoms with van der Waals surface area (Å²) in [4.78, 5) is 0. The van der Waals surface area contributed by atoms with Crippen molar-refractivity contribution >= 4 is 11.6 Å². The van der Waals surface area contributed by atoms with E-state index < -0.39 is 0 Å². The Hall–Kier alpha value is -1.24. The van der Waals surface area contributed by atoms with Gasteiger partial charge < -0.3 is 9.84 Å². The molecule has 16 heavy (non-hydrogen) atoms. The Labute approximate surface area is 100 Å². The third-order valence-electron chi connectivity index (χ3n) is 2.17. The molecule has 0 unspecified atom stereocenters. The van der Waals surface area contributed by atoms with E-state index in [0.717, 1.165) is 12.8 Å². The van der Waals surface area contributed by atoms with Crippen LogP contribution >= 0.6 is 11.6 Å². The zero-order valence-electron chi connectivity index (χ0n) is 8.95. The van der Waals surface area contributed by atoms with Crippen molar-refractivity contribution in [3.05, 3.63) is 28.8 Å². The third kappa shape index (κ3) is 3.73. The third-order valence-corrected chi connectivity index (χ3v) is 2.53. The average molecular weight is 240 g/mol. The second-order valence-corrected chi connectivity index (χ2v) is 3.75. The highest BCUT2D eigenvalue weighted by Crippen LogP contribution is 2.26. The number of aliphatic hydroxyl groups excluding tert-OH is 1. The van der Waals surface area contributed by atoms with Gasteiger partial charge in [-0.3, -0.25) is 0 Å². The number of aliphatic hydroxyl groups is 1. The van der Waals surface area contributed by atoms with Crippen molar-refractivity contribution < 1.29 is 9.84 Å². The maximum absolute atomic E-state index is 9.13. The van der Waals surface area contributed by atoms with Gasteiger partial charge in [-0.1, -0.05) is 17.7 Å². The van der Waals surface area contributed by atoms with Gasteiger partial charge in [0, 0.05) is 17.0 Å². The second kappa shape index (κ2) is 7.10. The summed E-state index contributed by atoms with van der Waals surface area (Å²) in [5.74, 6) is 0.618. The van der Waals surface area contributed by atoms with Gasteiger partial charge in [-0.15, -0.1) is 0 Å². The summed E-state index contributed by atoms with van der Waals surface area (Å²) in [5.41, 5.74) is 0.615. The van der Waals surface area contributed by atoms with Crippen LogP contribution in [-0.4, -0.2) is 11.7 Å². The van der Waals surface area contributed by atoms with E-state index in [9.17, 15) is 0 Å². The van der Waals surface area contributed by atoms with Crippen molar-refractivity contribution in [2.24, 2.45) is 0 Å². The number of nitriles is 1. The highest BCUT2D eigenvalue weighted by molar-refractivity contribution is 6.31. The van der Waals surface area contributed by atoms with Crippen LogP contribution in [0.5, 0.6) is 5.75 Å². The van der Waals surface area contributed by atoms with Crippen molar-refractivity contribution in [2.75, 3.05) is 6.61 Å². The van der Waals surface area contributed by atoms with Crippen LogP contribution in [0.25, 0.3) is 0 Å². The molecule has 0 aliphatic carbocycles. The number of hydrogen-bond acceptors (Lipinski definition) is 3. The van der Waals surface area contributed by atoms with Gasteiger partial charge in [0.05, 0.1) is 19.3 Å². The number of halogens is 1. The molecule has 0 saturated heterocycles. The van der Waals surface area contributed by atoms with Crippen LogP contribution in [0.15, 0.2) is 18.2 Å². The van der Waals surface area contributed by atoms with Crippen molar-refractivity contribution in [3.63, 3.8) is 0 Å². The molecule has 0 aliphatic heterocycles. The molecule has 1 rings (SSSR count). The molecule has 1 aromatic carbocycles. The number of nitrogens with zero attached hydrogens (tertiary/aromatic N) is 1. The SMILES string of the molecule is N#CCCCCOc1cccc(Cl)c1CO. The summed E-state index contributed by atoms with van der Waals surface area (Å²) >= 11 is 5.91. The normalized spacial score (nSPS) is 9.81. The first kappa shape index (κ1) is 12.8. The molecule has 0 bridgehead atoms. The van der Waals surface area contributed by atoms with E-state index in [1.165, 1.54) is 0 Å². The second-order valence-electron chi connectivity index (χ2n) is 3.34. The molecule has 0 radical (unpaired) electrons. The van der Waals surface area contributed by atoms with E-state index in [0.29, 0.717) is 29.4 Å². The molecule has 0 aliphatic rings. The van der Waals surface area contributed by atoms with E-state index in [4.69, 9.17) is 26.7 Å². The van der Waals surface area contributed by atoms with Crippen molar-refractivity contribution in [3.8, 4) is 11.8 Å². The van der Waals surface area contributed by atoms with E-state index in [2.05, 4.69) is 6.07 Å². The van der Waals surface area contributed by atoms with E-state index in [1.807, 2.05) is 0 Å². The maximum atomic E-state index is 9.13. The highest BCUT2D eigenvalue weighted by Gasteiger charge is 2.06. The molecule has 86 valence electrons. The first-order chi connectivity index (χ1) is 7.79. The standard InChI is InChI=1S/C12H14ClNO2/c13-11-5-4-6-12(10(11)9-15)16-8-3-1-2-7-14/h4-6,15H,1-3,8-9H2. The van der Waals surface area contributed by atoms with Crippen LogP contribution in [-0.2, 0) is 6.61 Å². The number of unbranched alkanes of at least 4 members (excludes halogenated alkanes) is 2. The lowest BCUT2D eigenvalue weighted by Gasteiger charge is -2.10. The van der Waals surface area contributed by atoms with Crippen LogP contribution < -0.4 is 4.74 Å². The lowest BCUT2D eigenvalue weighted by atomic mass is 10.2. The molecule has 4 heteroatoms. The minimum absolute atomic E-state index is 0.132. The monoisotopic (exact) mass is 239 g/mol. The summed E-state index contributed by atoms with van der Waals surface area (Å²) in [5, 5.41) is 18.0. The molecular weight excluding hydrogens is 226 g/mol. The molecule has 1 N–H and O–H groups in total. The topological polar surface area (TPSA) is 53.2 Å². The highest BCUT2D eigenvalue weighted by atomic mass is 35.5. The van der Waals surface area contributed by atoms with Crippen LogP contribution in [0.4, 0.5) is 0 Å². The predicted octanol–water partition coefficient (Wildman–Crippen LogP) is 2.90. The van der Waals surface area contributed by atoms with Crippen molar-refractivity contribution in [1.82, 2.24) is 0 Å². The molecule has 0 spiro atoms. The Morgan fingerprint density at radius 2 is 2.19 bits per heavy atom. The maximum Gasteiger partial charge on any atom is 0.126 e. The number of rotatable bonds is 6. The largest absolute Gasteiger partial charge is 0.493 e. The quantitative estimate of drug-likeness (QED) is 0.777. The van der Waals surface area contributed by atoms with Crippen LogP contribution in [0.2, 0.25) is 5.02 Å². The van der Waals surface area contributed by atoms with E-state index in [1.54, 1.807) is 18.2 Å². The molecule has 0 heterocycles. The lowest BCUT2D eigenvalue weighted by Crippen LogP contribution is -2.00. The minimum atomic E-state index is -0.132. The minimum Gasteiger partial charge on any atom is -0.493 e. The fraction of sp³-hybridized carbons (Fsp3) is 0.417. The summed E-state index contributed by atoms with van der Waals surface area (Å²) in [6.45, 7) is 0.405. The molecule has 0 saturated carbocycles. The van der Waals surface area contributed by atoms with Crippen LogP contribution in [0.3, 0.4) is 0 Å². The summed E-state index contributed by atoms with van der Waals surface area (Å²) in [7, 11) is 0. The van der Waals surface area contributed by atoms with Gasteiger partial charge >= 0.3 is 0 Å². The number of benzene rings is 1. The Morgan fingerprint density at radius 1 is 1.38 bits per heavy atom. The summed E-state index contributed by atoms with van der Waals surface area (Å²) in [6.07, 6.45) is 2.20. The molecular formula is C12H14ClNO2. The molecule has 0 aromatic heterocycles. The van der Waals surface area contributed by atoms with Gasteiger partial charge in [-0.05, 0) is 25.0 Å². The van der Waals surface area contributed by atoms with Gasteiger partial charge in [0.1, 0.15) is 5.75 Å². The fourth-order valence-corrected chi connectivity index (χ4v) is 1.54. The number of hydrogen-bond donors (Lipinski definition) is 1. The van der Waals surface area contributed by atoms with Crippen molar-refractivity contribution in [1.29, 1.82) is 5.26 Å². The van der Waals surface area contributed by atoms with Crippen molar-refractivity contribution in [2.45, 2.75) is 25.9 Å². The Kier molecular flexibility index (Phi) is 5.69. The first-order valence-corrected chi connectivity index (χ1v) is 5.55. The molecule has 1 aromatic rings. The average Bonchev–Trinajstić information content (AvgIpc) is 2.29. The van der Waals surface area contributed by atoms with Gasteiger partial charge in [0.15, 0.2) is 0 Å². The summed E-state index contributed by atoms with van der Waals surface area (Å²) in [6, 6.07) is 7.36. The van der Waals surface area contributed by atoms with E-state index in [-0.39, 0.29) is 6.61 Å². The van der Waals surface area contributed by atoms with Crippen LogP contribution in [0.1, 0.15) is 24.8 Å². The first-order valence-electron chi connectivity index (χ1n) is 5.17. The smallest absolute Gasteiger partial charge is 0.126 e. The van der Waals surface area contributed by atoms with Gasteiger partial charge in [0.2, 0.25) is 0 Å². The molecule has 3 nitrogen and oxygen atoms in total. The van der Waals surface area contributed by atoms with Gasteiger partial charge in [-0.25, -0.2) is 0 Å². The van der Waals surface area contributed by atoms with Crippen LogP contribution in [0, 0.1) is 11.3 Å². The Morgan fingerprint density at radius 3 is 2.88 bits per heavy atom. The fourth-order valence-electron chi connectivity index (χ4n) is 1.32. The predicted molar refractivity (Wildman–Crippen MR) is 62.3 cm³/mol. The Bertz CT molecular complexity index is 374. The number of ether oxygens (including phenoxy) is 1. The van der Waals surface area contributed by atoms with E-state index >= 15 is 0 Å². The zero-order valence-corrected chi connectivity index (χ0v) is 9.70.